The maximum absolute atomic E-state index is 12.7. The van der Waals surface area contributed by atoms with Crippen LogP contribution in [0.25, 0.3) is 0 Å². The van der Waals surface area contributed by atoms with Crippen molar-refractivity contribution in [3.63, 3.8) is 0 Å². The van der Waals surface area contributed by atoms with Crippen molar-refractivity contribution >= 4 is 19.8 Å². The molecule has 39 heavy (non-hydrogen) atoms. The second kappa shape index (κ2) is 15.2. The molecule has 0 radical (unpaired) electrons. The molecule has 11 heteroatoms. The number of hydrogen-bond acceptors (Lipinski definition) is 9. The lowest BCUT2D eigenvalue weighted by Gasteiger charge is -2.17. The van der Waals surface area contributed by atoms with Gasteiger partial charge in [0, 0.05) is 24.0 Å². The van der Waals surface area contributed by atoms with Crippen LogP contribution in [-0.2, 0) is 58.7 Å². The second-order valence-corrected chi connectivity index (χ2v) is 10.1. The summed E-state index contributed by atoms with van der Waals surface area (Å²) < 4.78 is 44.0. The van der Waals surface area contributed by atoms with E-state index >= 15 is 0 Å². The van der Waals surface area contributed by atoms with Gasteiger partial charge >= 0.3 is 19.8 Å². The molecule has 0 amide bonds. The fourth-order valence-electron chi connectivity index (χ4n) is 3.30. The van der Waals surface area contributed by atoms with Crippen LogP contribution in [0.5, 0.6) is 11.5 Å². The van der Waals surface area contributed by atoms with Gasteiger partial charge in [0.1, 0.15) is 11.5 Å². The van der Waals surface area contributed by atoms with Gasteiger partial charge in [0.2, 0.25) is 0 Å². The van der Waals surface area contributed by atoms with Gasteiger partial charge in [-0.1, -0.05) is 25.3 Å². The molecule has 0 aliphatic carbocycles. The maximum atomic E-state index is 12.7. The van der Waals surface area contributed by atoms with E-state index in [1.807, 2.05) is 0 Å². The normalized spacial score (nSPS) is 11.0. The summed E-state index contributed by atoms with van der Waals surface area (Å²) in [6.45, 7) is 9.92. The Balaban J connectivity index is 2.04. The summed E-state index contributed by atoms with van der Waals surface area (Å²) in [5.74, 6) is 0.139. The lowest BCUT2D eigenvalue weighted by Crippen LogP contribution is -2.10. The van der Waals surface area contributed by atoms with E-state index in [1.165, 1.54) is 14.2 Å². The molecule has 0 spiro atoms. The molecule has 2 aromatic rings. The molecule has 0 aromatic heterocycles. The minimum Gasteiger partial charge on any atom is -0.497 e. The molecule has 2 aromatic carbocycles. The zero-order valence-electron chi connectivity index (χ0n) is 22.7. The van der Waals surface area contributed by atoms with Crippen LogP contribution in [0.2, 0.25) is 0 Å². The average Bonchev–Trinajstić information content (AvgIpc) is 2.91. The van der Waals surface area contributed by atoms with Gasteiger partial charge in [0.15, 0.2) is 0 Å². The van der Waals surface area contributed by atoms with E-state index in [1.54, 1.807) is 50.2 Å². The van der Waals surface area contributed by atoms with Crippen LogP contribution in [0.15, 0.2) is 60.7 Å². The Hall–Kier alpha value is -3.43. The van der Waals surface area contributed by atoms with E-state index in [0.717, 1.165) is 0 Å². The van der Waals surface area contributed by atoms with Crippen LogP contribution >= 0.6 is 7.82 Å². The number of carbonyl (C=O) groups is 2. The Morgan fingerprint density at radius 3 is 1.46 bits per heavy atom. The highest BCUT2D eigenvalue weighted by atomic mass is 31.2. The van der Waals surface area contributed by atoms with Crippen molar-refractivity contribution in [1.29, 1.82) is 0 Å². The number of methoxy groups -OCH3 is 2. The van der Waals surface area contributed by atoms with Gasteiger partial charge in [-0.05, 0) is 60.4 Å². The molecular weight excluding hydrogens is 527 g/mol. The van der Waals surface area contributed by atoms with E-state index in [2.05, 4.69) is 13.2 Å². The number of phosphoric ester groups is 1. The Bertz CT molecular complexity index is 1150. The molecule has 1 N–H and O–H groups in total. The second-order valence-electron chi connectivity index (χ2n) is 8.62. The predicted octanol–water partition coefficient (Wildman–Crippen LogP) is 4.86. The standard InChI is InChI=1S/C28H35O10P/c1-19(2)27(29)35-13-11-21-15-25(33-5)9-7-23(21)17-37-39(31,32)38-18-24-8-10-26(34-6)16-22(24)12-14-36-28(30)20(3)4/h7-10,15-16H,1,3,11-14,17-18H2,2,4-6H3,(H,31,32). The lowest BCUT2D eigenvalue weighted by atomic mass is 10.1. The number of benzene rings is 2. The number of phosphoric acid groups is 1. The van der Waals surface area contributed by atoms with Crippen LogP contribution in [0.1, 0.15) is 36.1 Å². The average molecular weight is 563 g/mol. The maximum Gasteiger partial charge on any atom is 0.472 e. The molecule has 0 heterocycles. The number of hydrogen-bond donors (Lipinski definition) is 1. The SMILES string of the molecule is C=C(C)C(=O)OCCc1cc(OC)ccc1COP(=O)(O)OCc1ccc(OC)cc1CCOC(=O)C(=C)C. The van der Waals surface area contributed by atoms with Gasteiger partial charge < -0.3 is 23.8 Å². The smallest absolute Gasteiger partial charge is 0.472 e. The highest BCUT2D eigenvalue weighted by molar-refractivity contribution is 7.47. The first-order valence-electron chi connectivity index (χ1n) is 12.0. The molecule has 0 fully saturated rings. The largest absolute Gasteiger partial charge is 0.497 e. The fourth-order valence-corrected chi connectivity index (χ4v) is 3.98. The van der Waals surface area contributed by atoms with E-state index in [9.17, 15) is 19.0 Å². The molecule has 0 bridgehead atoms. The molecule has 0 aliphatic heterocycles. The van der Waals surface area contributed by atoms with Gasteiger partial charge in [-0.15, -0.1) is 0 Å². The van der Waals surface area contributed by atoms with Crippen molar-refractivity contribution in [2.24, 2.45) is 0 Å². The van der Waals surface area contributed by atoms with Crippen molar-refractivity contribution in [2.75, 3.05) is 27.4 Å². The van der Waals surface area contributed by atoms with Gasteiger partial charge in [0.05, 0.1) is 40.6 Å². The van der Waals surface area contributed by atoms with Gasteiger partial charge in [-0.25, -0.2) is 14.2 Å². The topological polar surface area (TPSA) is 127 Å². The van der Waals surface area contributed by atoms with E-state index in [0.29, 0.717) is 46.6 Å². The van der Waals surface area contributed by atoms with Crippen LogP contribution in [0.4, 0.5) is 0 Å². The molecular formula is C28H35O10P. The highest BCUT2D eigenvalue weighted by Gasteiger charge is 2.23. The first-order valence-corrected chi connectivity index (χ1v) is 13.5. The van der Waals surface area contributed by atoms with Crippen molar-refractivity contribution in [3.8, 4) is 11.5 Å². The third-order valence-corrected chi connectivity index (χ3v) is 6.41. The third-order valence-electron chi connectivity index (χ3n) is 5.50. The first-order chi connectivity index (χ1) is 18.5. The zero-order valence-corrected chi connectivity index (χ0v) is 23.6. The molecule has 0 unspecified atom stereocenters. The van der Waals surface area contributed by atoms with Crippen LogP contribution in [0, 0.1) is 0 Å². The van der Waals surface area contributed by atoms with Crippen molar-refractivity contribution in [3.05, 3.63) is 83.0 Å². The van der Waals surface area contributed by atoms with Crippen LogP contribution in [0.3, 0.4) is 0 Å². The molecule has 212 valence electrons. The summed E-state index contributed by atoms with van der Waals surface area (Å²) in [5.41, 5.74) is 3.20. The predicted molar refractivity (Wildman–Crippen MR) is 144 cm³/mol. The number of carbonyl (C=O) groups excluding carboxylic acids is 2. The third kappa shape index (κ3) is 10.7. The summed E-state index contributed by atoms with van der Waals surface area (Å²) in [4.78, 5) is 33.7. The molecule has 2 rings (SSSR count). The Kier molecular flexibility index (Phi) is 12.4. The van der Waals surface area contributed by atoms with Crippen LogP contribution in [-0.4, -0.2) is 44.3 Å². The molecule has 0 saturated carbocycles. The van der Waals surface area contributed by atoms with Crippen molar-refractivity contribution in [1.82, 2.24) is 0 Å². The minimum absolute atomic E-state index is 0.0844. The molecule has 0 atom stereocenters. The minimum atomic E-state index is -4.47. The van der Waals surface area contributed by atoms with Gasteiger partial charge in [0.25, 0.3) is 0 Å². The summed E-state index contributed by atoms with van der Waals surface area (Å²) in [6.07, 6.45) is 0.660. The number of ether oxygens (including phenoxy) is 4. The summed E-state index contributed by atoms with van der Waals surface area (Å²) in [6, 6.07) is 10.2. The van der Waals surface area contributed by atoms with E-state index in [-0.39, 0.29) is 37.6 Å². The Labute approximate surface area is 228 Å². The fraction of sp³-hybridized carbons (Fsp3) is 0.357. The van der Waals surface area contributed by atoms with Gasteiger partial charge in [-0.3, -0.25) is 9.05 Å². The Morgan fingerprint density at radius 2 is 1.13 bits per heavy atom. The van der Waals surface area contributed by atoms with E-state index in [4.69, 9.17) is 28.0 Å². The number of esters is 2. The van der Waals surface area contributed by atoms with Crippen LogP contribution < -0.4 is 9.47 Å². The quantitative estimate of drug-likeness (QED) is 0.172. The van der Waals surface area contributed by atoms with Gasteiger partial charge in [-0.2, -0.15) is 0 Å². The summed E-state index contributed by atoms with van der Waals surface area (Å²) in [7, 11) is -1.43. The monoisotopic (exact) mass is 562 g/mol. The first kappa shape index (κ1) is 31.8. The lowest BCUT2D eigenvalue weighted by molar-refractivity contribution is -0.139. The summed E-state index contributed by atoms with van der Waals surface area (Å²) in [5, 5.41) is 0. The molecule has 0 aliphatic rings. The number of rotatable bonds is 16. The Morgan fingerprint density at radius 1 is 0.744 bits per heavy atom. The van der Waals surface area contributed by atoms with Crippen molar-refractivity contribution < 1.29 is 47.0 Å². The van der Waals surface area contributed by atoms with Crippen molar-refractivity contribution in [2.45, 2.75) is 39.9 Å². The summed E-state index contributed by atoms with van der Waals surface area (Å²) >= 11 is 0. The molecule has 0 saturated heterocycles. The molecule has 10 nitrogen and oxygen atoms in total. The zero-order chi connectivity index (χ0) is 29.0. The van der Waals surface area contributed by atoms with E-state index < -0.39 is 19.8 Å². The highest BCUT2D eigenvalue weighted by Crippen LogP contribution is 2.45.